The maximum absolute atomic E-state index is 5.88. The summed E-state index contributed by atoms with van der Waals surface area (Å²) in [5, 5.41) is 0. The van der Waals surface area contributed by atoms with Gasteiger partial charge in [-0.15, -0.1) is 0 Å². The zero-order valence-electron chi connectivity index (χ0n) is 12.2. The Balaban J connectivity index is 2.52. The number of ether oxygens (including phenoxy) is 1. The minimum atomic E-state index is 0.302. The molecule has 98 valence electrons. The summed E-state index contributed by atoms with van der Waals surface area (Å²) < 4.78 is 5.88. The van der Waals surface area contributed by atoms with Crippen molar-refractivity contribution in [3.8, 4) is 0 Å². The topological polar surface area (TPSA) is 9.23 Å². The number of hydrogen-bond donors (Lipinski definition) is 0. The zero-order chi connectivity index (χ0) is 13.1. The SMILES string of the molecule is C=C(CCC=C(C)C)C1CC(C)(C)COC1C. The fraction of sp³-hybridized carbons (Fsp3) is 0.750. The van der Waals surface area contributed by atoms with Crippen LogP contribution in [0.3, 0.4) is 0 Å². The third-order valence-electron chi connectivity index (χ3n) is 3.62. The van der Waals surface area contributed by atoms with Crippen molar-refractivity contribution < 1.29 is 4.74 Å². The molecule has 0 saturated carbocycles. The smallest absolute Gasteiger partial charge is 0.0612 e. The van der Waals surface area contributed by atoms with Crippen LogP contribution in [0.25, 0.3) is 0 Å². The molecular formula is C16H28O. The van der Waals surface area contributed by atoms with Gasteiger partial charge in [-0.05, 0) is 45.4 Å². The van der Waals surface area contributed by atoms with Gasteiger partial charge in [0.1, 0.15) is 0 Å². The first-order valence-electron chi connectivity index (χ1n) is 6.74. The lowest BCUT2D eigenvalue weighted by Crippen LogP contribution is -2.38. The first kappa shape index (κ1) is 14.5. The van der Waals surface area contributed by atoms with Crippen molar-refractivity contribution in [1.29, 1.82) is 0 Å². The Morgan fingerprint density at radius 1 is 1.41 bits per heavy atom. The van der Waals surface area contributed by atoms with Crippen molar-refractivity contribution in [3.63, 3.8) is 0 Å². The summed E-state index contributed by atoms with van der Waals surface area (Å²) >= 11 is 0. The Morgan fingerprint density at radius 3 is 2.65 bits per heavy atom. The highest BCUT2D eigenvalue weighted by Crippen LogP contribution is 2.38. The summed E-state index contributed by atoms with van der Waals surface area (Å²) in [5.74, 6) is 0.532. The largest absolute Gasteiger partial charge is 0.377 e. The van der Waals surface area contributed by atoms with Gasteiger partial charge in [-0.1, -0.05) is 37.6 Å². The number of allylic oxidation sites excluding steroid dienone is 2. The third-order valence-corrected chi connectivity index (χ3v) is 3.62. The van der Waals surface area contributed by atoms with Gasteiger partial charge in [-0.3, -0.25) is 0 Å². The average molecular weight is 236 g/mol. The van der Waals surface area contributed by atoms with E-state index in [4.69, 9.17) is 4.74 Å². The van der Waals surface area contributed by atoms with Gasteiger partial charge in [0.25, 0.3) is 0 Å². The molecule has 1 saturated heterocycles. The lowest BCUT2D eigenvalue weighted by atomic mass is 9.75. The van der Waals surface area contributed by atoms with Gasteiger partial charge >= 0.3 is 0 Å². The molecule has 1 aliphatic rings. The monoisotopic (exact) mass is 236 g/mol. The normalized spacial score (nSPS) is 27.6. The van der Waals surface area contributed by atoms with Gasteiger partial charge in [0.15, 0.2) is 0 Å². The van der Waals surface area contributed by atoms with Crippen LogP contribution in [0.15, 0.2) is 23.8 Å². The Hall–Kier alpha value is -0.560. The summed E-state index contributed by atoms with van der Waals surface area (Å²) in [7, 11) is 0. The average Bonchev–Trinajstić information content (AvgIpc) is 2.21. The predicted octanol–water partition coefficient (Wildman–Crippen LogP) is 4.74. The number of rotatable bonds is 4. The summed E-state index contributed by atoms with van der Waals surface area (Å²) in [6.07, 6.45) is 6.05. The molecule has 0 N–H and O–H groups in total. The highest BCUT2D eigenvalue weighted by Gasteiger charge is 2.34. The predicted molar refractivity (Wildman–Crippen MR) is 75.1 cm³/mol. The molecule has 0 aromatic rings. The van der Waals surface area contributed by atoms with Crippen molar-refractivity contribution >= 4 is 0 Å². The van der Waals surface area contributed by atoms with Gasteiger partial charge < -0.3 is 4.74 Å². The fourth-order valence-electron chi connectivity index (χ4n) is 2.50. The summed E-state index contributed by atoms with van der Waals surface area (Å²) in [6.45, 7) is 16.2. The molecule has 0 bridgehead atoms. The zero-order valence-corrected chi connectivity index (χ0v) is 12.2. The molecule has 2 unspecified atom stereocenters. The minimum absolute atomic E-state index is 0.302. The van der Waals surface area contributed by atoms with Crippen LogP contribution in [-0.4, -0.2) is 12.7 Å². The van der Waals surface area contributed by atoms with Crippen LogP contribution in [0.1, 0.15) is 53.9 Å². The van der Waals surface area contributed by atoms with Crippen molar-refractivity contribution in [2.24, 2.45) is 11.3 Å². The molecule has 0 amide bonds. The summed E-state index contributed by atoms with van der Waals surface area (Å²) in [5.41, 5.74) is 3.06. The molecule has 0 aliphatic carbocycles. The Kier molecular flexibility index (Phi) is 5.00. The van der Waals surface area contributed by atoms with E-state index in [2.05, 4.69) is 47.3 Å². The summed E-state index contributed by atoms with van der Waals surface area (Å²) in [4.78, 5) is 0. The van der Waals surface area contributed by atoms with Gasteiger partial charge in [-0.25, -0.2) is 0 Å². The van der Waals surface area contributed by atoms with Crippen LogP contribution in [0.4, 0.5) is 0 Å². The molecule has 0 aromatic heterocycles. The standard InChI is InChI=1S/C16H28O/c1-12(2)8-7-9-13(3)15-10-16(5,6)11-17-14(15)4/h8,14-15H,3,7,9-11H2,1-2,4-6H3. The Bertz CT molecular complexity index is 295. The van der Waals surface area contributed by atoms with Crippen LogP contribution in [0.5, 0.6) is 0 Å². The highest BCUT2D eigenvalue weighted by molar-refractivity contribution is 5.08. The summed E-state index contributed by atoms with van der Waals surface area (Å²) in [6, 6.07) is 0. The fourth-order valence-corrected chi connectivity index (χ4v) is 2.50. The second-order valence-electron chi connectivity index (χ2n) is 6.47. The second-order valence-corrected chi connectivity index (χ2v) is 6.47. The van der Waals surface area contributed by atoms with E-state index in [1.54, 1.807) is 0 Å². The molecule has 1 nitrogen and oxygen atoms in total. The van der Waals surface area contributed by atoms with Crippen LogP contribution in [0.2, 0.25) is 0 Å². The molecule has 0 radical (unpaired) electrons. The van der Waals surface area contributed by atoms with E-state index in [-0.39, 0.29) is 0 Å². The van der Waals surface area contributed by atoms with Gasteiger partial charge in [-0.2, -0.15) is 0 Å². The van der Waals surface area contributed by atoms with E-state index >= 15 is 0 Å². The lowest BCUT2D eigenvalue weighted by Gasteiger charge is -2.40. The van der Waals surface area contributed by atoms with E-state index in [1.165, 1.54) is 17.6 Å². The van der Waals surface area contributed by atoms with Crippen LogP contribution >= 0.6 is 0 Å². The molecule has 17 heavy (non-hydrogen) atoms. The van der Waals surface area contributed by atoms with Gasteiger partial charge in [0, 0.05) is 5.92 Å². The molecule has 1 fully saturated rings. The van der Waals surface area contributed by atoms with Gasteiger partial charge in [0.2, 0.25) is 0 Å². The first-order chi connectivity index (χ1) is 7.82. The van der Waals surface area contributed by atoms with E-state index in [9.17, 15) is 0 Å². The van der Waals surface area contributed by atoms with Crippen LogP contribution < -0.4 is 0 Å². The van der Waals surface area contributed by atoms with E-state index < -0.39 is 0 Å². The Morgan fingerprint density at radius 2 is 2.06 bits per heavy atom. The molecule has 0 aromatic carbocycles. The van der Waals surface area contributed by atoms with Crippen molar-refractivity contribution in [2.45, 2.75) is 60.0 Å². The van der Waals surface area contributed by atoms with Crippen molar-refractivity contribution in [2.75, 3.05) is 6.61 Å². The molecular weight excluding hydrogens is 208 g/mol. The molecule has 2 atom stereocenters. The highest BCUT2D eigenvalue weighted by atomic mass is 16.5. The van der Waals surface area contributed by atoms with Crippen molar-refractivity contribution in [1.82, 2.24) is 0 Å². The number of hydrogen-bond acceptors (Lipinski definition) is 1. The second kappa shape index (κ2) is 5.86. The quantitative estimate of drug-likeness (QED) is 0.641. The third kappa shape index (κ3) is 4.67. The molecule has 1 heterocycles. The molecule has 0 spiro atoms. The lowest BCUT2D eigenvalue weighted by molar-refractivity contribution is -0.0672. The molecule has 1 rings (SSSR count). The molecule has 1 heteroatoms. The van der Waals surface area contributed by atoms with Crippen LogP contribution in [0, 0.1) is 11.3 Å². The van der Waals surface area contributed by atoms with E-state index in [0.29, 0.717) is 17.4 Å². The first-order valence-corrected chi connectivity index (χ1v) is 6.74. The molecule has 1 aliphatic heterocycles. The van der Waals surface area contributed by atoms with Crippen LogP contribution in [-0.2, 0) is 4.74 Å². The van der Waals surface area contributed by atoms with E-state index in [1.807, 2.05) is 0 Å². The minimum Gasteiger partial charge on any atom is -0.377 e. The Labute approximate surface area is 107 Å². The van der Waals surface area contributed by atoms with E-state index in [0.717, 1.165) is 19.4 Å². The maximum atomic E-state index is 5.88. The maximum Gasteiger partial charge on any atom is 0.0612 e. The van der Waals surface area contributed by atoms with Gasteiger partial charge in [0.05, 0.1) is 12.7 Å². The van der Waals surface area contributed by atoms with Crippen molar-refractivity contribution in [3.05, 3.63) is 23.8 Å².